The number of hydrogen-bond donors (Lipinski definition) is 4. The topological polar surface area (TPSA) is 82.3 Å². The van der Waals surface area contributed by atoms with Crippen molar-refractivity contribution in [2.45, 2.75) is 24.9 Å². The Kier molecular flexibility index (Phi) is 6.94. The molecule has 0 bridgehead atoms. The van der Waals surface area contributed by atoms with E-state index >= 15 is 0 Å². The van der Waals surface area contributed by atoms with E-state index in [0.29, 0.717) is 11.4 Å². The van der Waals surface area contributed by atoms with Crippen LogP contribution in [0, 0.1) is 0 Å². The van der Waals surface area contributed by atoms with Crippen LogP contribution < -0.4 is 21.3 Å². The quantitative estimate of drug-likeness (QED) is 0.271. The van der Waals surface area contributed by atoms with Crippen molar-refractivity contribution in [3.63, 3.8) is 0 Å². The fourth-order valence-corrected chi connectivity index (χ4v) is 4.46. The zero-order valence-corrected chi connectivity index (χ0v) is 19.8. The van der Waals surface area contributed by atoms with Crippen molar-refractivity contribution in [2.24, 2.45) is 0 Å². The van der Waals surface area contributed by atoms with E-state index in [0.717, 1.165) is 22.5 Å². The van der Waals surface area contributed by atoms with Gasteiger partial charge in [0.25, 0.3) is 0 Å². The van der Waals surface area contributed by atoms with Crippen LogP contribution in [-0.2, 0) is 9.59 Å². The molecule has 0 aliphatic carbocycles. The van der Waals surface area contributed by atoms with E-state index in [1.165, 1.54) is 0 Å². The molecule has 0 spiro atoms. The summed E-state index contributed by atoms with van der Waals surface area (Å²) in [5.74, 6) is -0.221. The Morgan fingerprint density at radius 1 is 0.444 bits per heavy atom. The first-order valence-corrected chi connectivity index (χ1v) is 12.1. The van der Waals surface area contributed by atoms with E-state index in [4.69, 9.17) is 0 Å². The van der Waals surface area contributed by atoms with E-state index in [1.54, 1.807) is 0 Å². The molecule has 4 aromatic carbocycles. The maximum atomic E-state index is 13.3. The maximum Gasteiger partial charge on any atom is 0.226 e. The Labute approximate surface area is 210 Å². The number of hydrogen-bond acceptors (Lipinski definition) is 4. The predicted octanol–water partition coefficient (Wildman–Crippen LogP) is 6.36. The Hall–Kier alpha value is -4.58. The zero-order chi connectivity index (χ0) is 24.7. The third-order valence-electron chi connectivity index (χ3n) is 6.24. The van der Waals surface area contributed by atoms with E-state index in [1.807, 2.05) is 109 Å². The number of benzene rings is 4. The molecule has 1 aliphatic rings. The minimum Gasteiger partial charge on any atom is -0.376 e. The first-order valence-electron chi connectivity index (χ1n) is 12.1. The van der Waals surface area contributed by atoms with Crippen molar-refractivity contribution in [1.82, 2.24) is 0 Å². The van der Waals surface area contributed by atoms with Gasteiger partial charge in [-0.1, -0.05) is 84.9 Å². The summed E-state index contributed by atoms with van der Waals surface area (Å²) in [5, 5.41) is 13.1. The summed E-state index contributed by atoms with van der Waals surface area (Å²) in [6.07, 6.45) is 0.422. The van der Waals surface area contributed by atoms with Crippen LogP contribution in [0.5, 0.6) is 0 Å². The molecule has 5 rings (SSSR count). The molecule has 36 heavy (non-hydrogen) atoms. The monoisotopic (exact) mass is 476 g/mol. The Balaban J connectivity index is 1.54. The lowest BCUT2D eigenvalue weighted by Crippen LogP contribution is -2.25. The van der Waals surface area contributed by atoms with Gasteiger partial charge in [-0.05, 0) is 35.4 Å². The summed E-state index contributed by atoms with van der Waals surface area (Å²) in [6.45, 7) is 0. The Morgan fingerprint density at radius 2 is 0.778 bits per heavy atom. The summed E-state index contributed by atoms with van der Waals surface area (Å²) in [6, 6.07) is 34.3. The summed E-state index contributed by atoms with van der Waals surface area (Å²) in [4.78, 5) is 26.5. The molecule has 2 amide bonds. The molecule has 0 radical (unpaired) electrons. The molecule has 1 aliphatic heterocycles. The van der Waals surface area contributed by atoms with E-state index < -0.39 is 0 Å². The van der Waals surface area contributed by atoms with Gasteiger partial charge in [-0.15, -0.1) is 0 Å². The van der Waals surface area contributed by atoms with Gasteiger partial charge in [0.15, 0.2) is 0 Å². The number of amides is 2. The van der Waals surface area contributed by atoms with Crippen LogP contribution in [0.25, 0.3) is 0 Å². The normalized spacial score (nSPS) is 18.2. The highest BCUT2D eigenvalue weighted by Crippen LogP contribution is 2.32. The summed E-state index contributed by atoms with van der Waals surface area (Å²) >= 11 is 0. The van der Waals surface area contributed by atoms with Gasteiger partial charge < -0.3 is 21.3 Å². The van der Waals surface area contributed by atoms with Gasteiger partial charge in [0.1, 0.15) is 0 Å². The molecule has 2 unspecified atom stereocenters. The van der Waals surface area contributed by atoms with Crippen LogP contribution in [0.15, 0.2) is 109 Å². The number of fused-ring (bicyclic) bond motifs is 2. The Morgan fingerprint density at radius 3 is 1.17 bits per heavy atom. The Bertz CT molecular complexity index is 1240. The van der Waals surface area contributed by atoms with E-state index in [2.05, 4.69) is 21.3 Å². The molecule has 0 aromatic heterocycles. The number of carbonyl (C=O) groups excluding carboxylic acids is 2. The van der Waals surface area contributed by atoms with Gasteiger partial charge >= 0.3 is 0 Å². The molecule has 2 atom stereocenters. The first kappa shape index (κ1) is 23.2. The molecule has 6 nitrogen and oxygen atoms in total. The highest BCUT2D eigenvalue weighted by atomic mass is 16.2. The number of rotatable bonds is 2. The second-order valence-corrected chi connectivity index (χ2v) is 8.81. The maximum absolute atomic E-state index is 13.3. The van der Waals surface area contributed by atoms with Crippen LogP contribution in [0.1, 0.15) is 36.1 Å². The highest BCUT2D eigenvalue weighted by Gasteiger charge is 2.22. The van der Waals surface area contributed by atoms with Crippen LogP contribution in [0.3, 0.4) is 0 Å². The van der Waals surface area contributed by atoms with Gasteiger partial charge in [-0.3, -0.25) is 9.59 Å². The van der Waals surface area contributed by atoms with Gasteiger partial charge in [-0.25, -0.2) is 0 Å². The third-order valence-corrected chi connectivity index (χ3v) is 6.24. The standard InChI is InChI=1S/C30H28N4O2/c35-29-19-27(21-11-3-1-4-12-21)31-23-15-7-9-17-25(23)34-30(36)20-28(22-13-5-2-6-14-22)32-24-16-8-10-18-26(24)33-29/h1-18,27-28,31-32H,19-20H2,(H,33,35)(H,34,36). The lowest BCUT2D eigenvalue weighted by Gasteiger charge is -2.25. The van der Waals surface area contributed by atoms with Gasteiger partial charge in [0, 0.05) is 0 Å². The van der Waals surface area contributed by atoms with Gasteiger partial charge in [-0.2, -0.15) is 0 Å². The van der Waals surface area contributed by atoms with Gasteiger partial charge in [0.2, 0.25) is 11.8 Å². The zero-order valence-electron chi connectivity index (χ0n) is 19.8. The second kappa shape index (κ2) is 10.8. The smallest absolute Gasteiger partial charge is 0.226 e. The molecule has 4 N–H and O–H groups in total. The average molecular weight is 477 g/mol. The highest BCUT2D eigenvalue weighted by molar-refractivity contribution is 5.97. The van der Waals surface area contributed by atoms with E-state index in [9.17, 15) is 9.59 Å². The molecular formula is C30H28N4O2. The fourth-order valence-electron chi connectivity index (χ4n) is 4.46. The van der Waals surface area contributed by atoms with Crippen LogP contribution in [-0.4, -0.2) is 11.8 Å². The molecular weight excluding hydrogens is 448 g/mol. The number of carbonyl (C=O) groups is 2. The van der Waals surface area contributed by atoms with Crippen LogP contribution in [0.4, 0.5) is 22.7 Å². The summed E-state index contributed by atoms with van der Waals surface area (Å²) in [7, 11) is 0. The lowest BCUT2D eigenvalue weighted by atomic mass is 10.0. The average Bonchev–Trinajstić information content (AvgIpc) is 2.90. The minimum atomic E-state index is -0.288. The SMILES string of the molecule is O=C1CC(c2ccccc2)Nc2ccccc2NC(=O)CC(c2ccccc2)Nc2ccccc2N1. The molecule has 6 heteroatoms. The molecule has 0 fully saturated rings. The van der Waals surface area contributed by atoms with Crippen molar-refractivity contribution in [1.29, 1.82) is 0 Å². The third kappa shape index (κ3) is 5.55. The number of para-hydroxylation sites is 4. The molecule has 180 valence electrons. The van der Waals surface area contributed by atoms with Crippen molar-refractivity contribution in [2.75, 3.05) is 21.3 Å². The minimum absolute atomic E-state index is 0.111. The molecule has 0 saturated carbocycles. The summed E-state index contributed by atoms with van der Waals surface area (Å²) in [5.41, 5.74) is 4.83. The molecule has 4 aromatic rings. The predicted molar refractivity (Wildman–Crippen MR) is 145 cm³/mol. The second-order valence-electron chi connectivity index (χ2n) is 8.81. The number of nitrogens with one attached hydrogen (secondary N) is 4. The van der Waals surface area contributed by atoms with E-state index in [-0.39, 0.29) is 36.7 Å². The van der Waals surface area contributed by atoms with Gasteiger partial charge in [0.05, 0.1) is 47.7 Å². The van der Waals surface area contributed by atoms with Crippen molar-refractivity contribution < 1.29 is 9.59 Å². The molecule has 0 saturated heterocycles. The fraction of sp³-hybridized carbons (Fsp3) is 0.133. The van der Waals surface area contributed by atoms with Crippen LogP contribution >= 0.6 is 0 Å². The lowest BCUT2D eigenvalue weighted by molar-refractivity contribution is -0.117. The molecule has 1 heterocycles. The summed E-state index contributed by atoms with van der Waals surface area (Å²) < 4.78 is 0. The first-order chi connectivity index (χ1) is 17.7. The van der Waals surface area contributed by atoms with Crippen LogP contribution in [0.2, 0.25) is 0 Å². The van der Waals surface area contributed by atoms with Crippen molar-refractivity contribution >= 4 is 34.6 Å². The van der Waals surface area contributed by atoms with Crippen molar-refractivity contribution in [3.05, 3.63) is 120 Å². The largest absolute Gasteiger partial charge is 0.376 e. The van der Waals surface area contributed by atoms with Crippen molar-refractivity contribution in [3.8, 4) is 0 Å². The number of anilines is 4.